The Balaban J connectivity index is 1.71. The highest BCUT2D eigenvalue weighted by Crippen LogP contribution is 2.19. The number of nitrogens with zero attached hydrogens (tertiary/aromatic N) is 2. The second kappa shape index (κ2) is 6.79. The summed E-state index contributed by atoms with van der Waals surface area (Å²) >= 11 is 0. The van der Waals surface area contributed by atoms with E-state index in [1.807, 2.05) is 4.90 Å². The average Bonchev–Trinajstić information content (AvgIpc) is 2.39. The van der Waals surface area contributed by atoms with Gasteiger partial charge in [0.1, 0.15) is 0 Å². The summed E-state index contributed by atoms with van der Waals surface area (Å²) in [5.41, 5.74) is 0.340. The number of hydrogen-bond donors (Lipinski definition) is 1. The maximum Gasteiger partial charge on any atom is 0.317 e. The van der Waals surface area contributed by atoms with Crippen molar-refractivity contribution >= 4 is 6.03 Å². The molecule has 1 aliphatic carbocycles. The van der Waals surface area contributed by atoms with Crippen molar-refractivity contribution < 1.29 is 4.79 Å². The Morgan fingerprint density at radius 3 is 2.20 bits per heavy atom. The zero-order valence-electron chi connectivity index (χ0n) is 13.5. The summed E-state index contributed by atoms with van der Waals surface area (Å²) in [7, 11) is 0. The van der Waals surface area contributed by atoms with Crippen LogP contribution in [0.5, 0.6) is 0 Å². The van der Waals surface area contributed by atoms with Gasteiger partial charge in [0.2, 0.25) is 0 Å². The molecule has 1 N–H and O–H groups in total. The molecule has 0 aromatic heterocycles. The lowest BCUT2D eigenvalue weighted by molar-refractivity contribution is 0.111. The predicted octanol–water partition coefficient (Wildman–Crippen LogP) is 2.69. The summed E-state index contributed by atoms with van der Waals surface area (Å²) in [5.74, 6) is 0. The van der Waals surface area contributed by atoms with E-state index in [1.165, 1.54) is 19.3 Å². The quantitative estimate of drug-likeness (QED) is 0.844. The van der Waals surface area contributed by atoms with Crippen molar-refractivity contribution in [3.05, 3.63) is 0 Å². The van der Waals surface area contributed by atoms with Gasteiger partial charge in [0.15, 0.2) is 0 Å². The highest BCUT2D eigenvalue weighted by Gasteiger charge is 2.25. The molecule has 1 saturated carbocycles. The molecule has 0 aromatic carbocycles. The lowest BCUT2D eigenvalue weighted by Gasteiger charge is -2.38. The van der Waals surface area contributed by atoms with Crippen LogP contribution in [0, 0.1) is 5.41 Å². The van der Waals surface area contributed by atoms with Crippen molar-refractivity contribution in [3.8, 4) is 0 Å². The fourth-order valence-electron chi connectivity index (χ4n) is 3.29. The Morgan fingerprint density at radius 1 is 1.05 bits per heavy atom. The number of carbonyl (C=O) groups is 1. The lowest BCUT2D eigenvalue weighted by Crippen LogP contribution is -2.54. The summed E-state index contributed by atoms with van der Waals surface area (Å²) in [6.07, 6.45) is 6.19. The molecule has 2 fully saturated rings. The second-order valence-corrected chi connectivity index (χ2v) is 7.61. The minimum absolute atomic E-state index is 0.160. The molecule has 1 heterocycles. The SMILES string of the molecule is CC(C)(C)CN1CCN(C(=O)NC2CCCCC2)CC1. The highest BCUT2D eigenvalue weighted by atomic mass is 16.2. The molecule has 2 amide bonds. The van der Waals surface area contributed by atoms with E-state index in [9.17, 15) is 4.79 Å². The van der Waals surface area contributed by atoms with Crippen molar-refractivity contribution in [2.75, 3.05) is 32.7 Å². The first-order valence-electron chi connectivity index (χ1n) is 8.22. The number of rotatable bonds is 2. The van der Waals surface area contributed by atoms with E-state index in [2.05, 4.69) is 31.0 Å². The summed E-state index contributed by atoms with van der Waals surface area (Å²) < 4.78 is 0. The fraction of sp³-hybridized carbons (Fsp3) is 0.938. The molecular weight excluding hydrogens is 250 g/mol. The number of urea groups is 1. The third kappa shape index (κ3) is 4.97. The van der Waals surface area contributed by atoms with Gasteiger partial charge in [-0.05, 0) is 18.3 Å². The minimum atomic E-state index is 0.160. The Bertz CT molecular complexity index is 310. The van der Waals surface area contributed by atoms with Crippen LogP contribution in [0.2, 0.25) is 0 Å². The first kappa shape index (κ1) is 15.6. The third-order valence-corrected chi connectivity index (χ3v) is 4.29. The molecule has 4 nitrogen and oxygen atoms in total. The van der Waals surface area contributed by atoms with E-state index in [-0.39, 0.29) is 6.03 Å². The molecule has 4 heteroatoms. The van der Waals surface area contributed by atoms with Crippen LogP contribution in [-0.4, -0.2) is 54.6 Å². The van der Waals surface area contributed by atoms with Crippen LogP contribution >= 0.6 is 0 Å². The van der Waals surface area contributed by atoms with Gasteiger partial charge < -0.3 is 10.2 Å². The fourth-order valence-corrected chi connectivity index (χ4v) is 3.29. The van der Waals surface area contributed by atoms with Gasteiger partial charge in [0.25, 0.3) is 0 Å². The van der Waals surface area contributed by atoms with Gasteiger partial charge in [-0.1, -0.05) is 40.0 Å². The van der Waals surface area contributed by atoms with Gasteiger partial charge in [-0.3, -0.25) is 4.90 Å². The lowest BCUT2D eigenvalue weighted by atomic mass is 9.95. The number of nitrogens with one attached hydrogen (secondary N) is 1. The first-order chi connectivity index (χ1) is 9.44. The Hall–Kier alpha value is -0.770. The van der Waals surface area contributed by atoms with E-state index in [1.54, 1.807) is 0 Å². The van der Waals surface area contributed by atoms with Crippen LogP contribution in [0.15, 0.2) is 0 Å². The van der Waals surface area contributed by atoms with Gasteiger partial charge in [0, 0.05) is 38.8 Å². The summed E-state index contributed by atoms with van der Waals surface area (Å²) in [5, 5.41) is 3.22. The average molecular weight is 281 g/mol. The molecule has 0 aromatic rings. The van der Waals surface area contributed by atoms with E-state index >= 15 is 0 Å². The normalized spacial score (nSPS) is 22.9. The largest absolute Gasteiger partial charge is 0.335 e. The van der Waals surface area contributed by atoms with Gasteiger partial charge in [-0.15, -0.1) is 0 Å². The maximum absolute atomic E-state index is 12.3. The number of carbonyl (C=O) groups excluding carboxylic acids is 1. The molecule has 2 aliphatic rings. The van der Waals surface area contributed by atoms with E-state index < -0.39 is 0 Å². The molecular formula is C16H31N3O. The van der Waals surface area contributed by atoms with E-state index in [0.717, 1.165) is 45.6 Å². The first-order valence-corrected chi connectivity index (χ1v) is 8.22. The summed E-state index contributed by atoms with van der Waals surface area (Å²) in [4.78, 5) is 16.7. The van der Waals surface area contributed by atoms with Crippen molar-refractivity contribution in [1.82, 2.24) is 15.1 Å². The Labute approximate surface area is 123 Å². The molecule has 1 aliphatic heterocycles. The number of amides is 2. The predicted molar refractivity (Wildman–Crippen MR) is 82.9 cm³/mol. The molecule has 116 valence electrons. The van der Waals surface area contributed by atoms with Gasteiger partial charge in [0.05, 0.1) is 0 Å². The van der Waals surface area contributed by atoms with Crippen LogP contribution in [0.4, 0.5) is 4.79 Å². The molecule has 0 bridgehead atoms. The molecule has 20 heavy (non-hydrogen) atoms. The minimum Gasteiger partial charge on any atom is -0.335 e. The second-order valence-electron chi connectivity index (χ2n) is 7.61. The van der Waals surface area contributed by atoms with Crippen LogP contribution < -0.4 is 5.32 Å². The smallest absolute Gasteiger partial charge is 0.317 e. The molecule has 0 spiro atoms. The van der Waals surface area contributed by atoms with Gasteiger partial charge in [-0.25, -0.2) is 4.79 Å². The maximum atomic E-state index is 12.3. The summed E-state index contributed by atoms with van der Waals surface area (Å²) in [6, 6.07) is 0.580. The zero-order valence-corrected chi connectivity index (χ0v) is 13.5. The molecule has 2 rings (SSSR count). The molecule has 1 saturated heterocycles. The van der Waals surface area contributed by atoms with Crippen LogP contribution in [0.25, 0.3) is 0 Å². The molecule has 0 atom stereocenters. The number of piperazine rings is 1. The zero-order chi connectivity index (χ0) is 14.6. The van der Waals surface area contributed by atoms with Crippen LogP contribution in [0.3, 0.4) is 0 Å². The monoisotopic (exact) mass is 281 g/mol. The highest BCUT2D eigenvalue weighted by molar-refractivity contribution is 5.74. The van der Waals surface area contributed by atoms with E-state index in [0.29, 0.717) is 11.5 Å². The third-order valence-electron chi connectivity index (χ3n) is 4.29. The number of hydrogen-bond acceptors (Lipinski definition) is 2. The van der Waals surface area contributed by atoms with Gasteiger partial charge >= 0.3 is 6.03 Å². The Morgan fingerprint density at radius 2 is 1.65 bits per heavy atom. The van der Waals surface area contributed by atoms with Crippen molar-refractivity contribution in [2.24, 2.45) is 5.41 Å². The molecule has 0 unspecified atom stereocenters. The standard InChI is InChI=1S/C16H31N3O/c1-16(2,3)13-18-9-11-19(12-10-18)15(20)17-14-7-5-4-6-8-14/h14H,4-13H2,1-3H3,(H,17,20). The van der Waals surface area contributed by atoms with Gasteiger partial charge in [-0.2, -0.15) is 0 Å². The van der Waals surface area contributed by atoms with Crippen molar-refractivity contribution in [1.29, 1.82) is 0 Å². The van der Waals surface area contributed by atoms with E-state index in [4.69, 9.17) is 0 Å². The van der Waals surface area contributed by atoms with Crippen molar-refractivity contribution in [3.63, 3.8) is 0 Å². The summed E-state index contributed by atoms with van der Waals surface area (Å²) in [6.45, 7) is 11.7. The molecule has 0 radical (unpaired) electrons. The van der Waals surface area contributed by atoms with Crippen molar-refractivity contribution in [2.45, 2.75) is 58.9 Å². The topological polar surface area (TPSA) is 35.6 Å². The van der Waals surface area contributed by atoms with Crippen LogP contribution in [0.1, 0.15) is 52.9 Å². The van der Waals surface area contributed by atoms with Crippen LogP contribution in [-0.2, 0) is 0 Å². The Kier molecular flexibility index (Phi) is 5.30.